The number of carboxylic acid groups (broad SMARTS) is 1. The molecule has 5 heteroatoms. The summed E-state index contributed by atoms with van der Waals surface area (Å²) in [6.07, 6.45) is 0.945. The molecule has 0 bridgehead atoms. The highest BCUT2D eigenvalue weighted by Crippen LogP contribution is 2.28. The number of benzene rings is 1. The van der Waals surface area contributed by atoms with E-state index in [0.717, 1.165) is 17.7 Å². The largest absolute Gasteiger partial charge is 0.493 e. The van der Waals surface area contributed by atoms with E-state index in [1.165, 1.54) is 0 Å². The van der Waals surface area contributed by atoms with E-state index in [1.807, 2.05) is 30.1 Å². The summed E-state index contributed by atoms with van der Waals surface area (Å²) in [4.78, 5) is 12.9. The number of carbonyl (C=O) groups is 1. The van der Waals surface area contributed by atoms with Crippen LogP contribution in [0.4, 0.5) is 0 Å². The molecule has 0 heterocycles. The molecule has 1 unspecified atom stereocenters. The van der Waals surface area contributed by atoms with Crippen LogP contribution in [0.1, 0.15) is 25.8 Å². The van der Waals surface area contributed by atoms with Gasteiger partial charge in [-0.15, -0.1) is 0 Å². The number of ether oxygens (including phenoxy) is 2. The SMILES string of the molecule is CCCOc1ccc(CN(C)CC(C)C(=O)O)cc1OC. The summed E-state index contributed by atoms with van der Waals surface area (Å²) in [6, 6.07) is 5.82. The summed E-state index contributed by atoms with van der Waals surface area (Å²) >= 11 is 0. The summed E-state index contributed by atoms with van der Waals surface area (Å²) in [7, 11) is 3.53. The Hall–Kier alpha value is -1.75. The van der Waals surface area contributed by atoms with Gasteiger partial charge in [0.25, 0.3) is 0 Å². The van der Waals surface area contributed by atoms with Crippen molar-refractivity contribution in [2.75, 3.05) is 27.3 Å². The molecule has 1 N–H and O–H groups in total. The Bertz CT molecular complexity index is 462. The van der Waals surface area contributed by atoms with Crippen LogP contribution in [0.3, 0.4) is 0 Å². The maximum atomic E-state index is 10.9. The molecule has 0 saturated heterocycles. The van der Waals surface area contributed by atoms with Crippen molar-refractivity contribution in [1.29, 1.82) is 0 Å². The molecular weight excluding hydrogens is 270 g/mol. The second kappa shape index (κ2) is 8.52. The van der Waals surface area contributed by atoms with Gasteiger partial charge in [0.2, 0.25) is 0 Å². The van der Waals surface area contributed by atoms with Crippen LogP contribution in [0.5, 0.6) is 11.5 Å². The number of nitrogens with zero attached hydrogens (tertiary/aromatic N) is 1. The lowest BCUT2D eigenvalue weighted by atomic mass is 10.1. The van der Waals surface area contributed by atoms with E-state index in [9.17, 15) is 4.79 Å². The fourth-order valence-electron chi connectivity index (χ4n) is 2.06. The number of carboxylic acids is 1. The Morgan fingerprint density at radius 2 is 2.10 bits per heavy atom. The number of rotatable bonds is 9. The Kier molecular flexibility index (Phi) is 7.02. The van der Waals surface area contributed by atoms with Crippen LogP contribution in [0, 0.1) is 5.92 Å². The van der Waals surface area contributed by atoms with E-state index in [0.29, 0.717) is 25.4 Å². The summed E-state index contributed by atoms with van der Waals surface area (Å²) in [5.41, 5.74) is 1.07. The van der Waals surface area contributed by atoms with E-state index >= 15 is 0 Å². The van der Waals surface area contributed by atoms with Gasteiger partial charge in [0.1, 0.15) is 0 Å². The topological polar surface area (TPSA) is 59.0 Å². The molecule has 1 aromatic rings. The predicted molar refractivity (Wildman–Crippen MR) is 81.9 cm³/mol. The monoisotopic (exact) mass is 295 g/mol. The molecule has 1 atom stereocenters. The van der Waals surface area contributed by atoms with Crippen molar-refractivity contribution in [1.82, 2.24) is 4.90 Å². The van der Waals surface area contributed by atoms with Crippen molar-refractivity contribution >= 4 is 5.97 Å². The summed E-state index contributed by atoms with van der Waals surface area (Å²) < 4.78 is 11.0. The third kappa shape index (κ3) is 5.63. The molecule has 0 radical (unpaired) electrons. The highest BCUT2D eigenvalue weighted by molar-refractivity contribution is 5.69. The third-order valence-corrected chi connectivity index (χ3v) is 3.15. The maximum absolute atomic E-state index is 10.9. The molecule has 1 aromatic carbocycles. The average Bonchev–Trinajstić information content (AvgIpc) is 2.45. The molecule has 0 saturated carbocycles. The van der Waals surface area contributed by atoms with Gasteiger partial charge in [0.05, 0.1) is 19.6 Å². The molecule has 21 heavy (non-hydrogen) atoms. The quantitative estimate of drug-likeness (QED) is 0.759. The Labute approximate surface area is 126 Å². The van der Waals surface area contributed by atoms with Crippen LogP contribution >= 0.6 is 0 Å². The first kappa shape index (κ1) is 17.3. The highest BCUT2D eigenvalue weighted by atomic mass is 16.5. The van der Waals surface area contributed by atoms with Crippen molar-refractivity contribution < 1.29 is 19.4 Å². The number of aliphatic carboxylic acids is 1. The summed E-state index contributed by atoms with van der Waals surface area (Å²) in [5, 5.41) is 8.93. The third-order valence-electron chi connectivity index (χ3n) is 3.15. The zero-order chi connectivity index (χ0) is 15.8. The molecule has 0 aliphatic rings. The summed E-state index contributed by atoms with van der Waals surface area (Å²) in [5.74, 6) is 0.289. The van der Waals surface area contributed by atoms with E-state index in [-0.39, 0.29) is 5.92 Å². The molecular formula is C16H25NO4. The van der Waals surface area contributed by atoms with E-state index < -0.39 is 5.97 Å². The van der Waals surface area contributed by atoms with Crippen LogP contribution in [-0.2, 0) is 11.3 Å². The normalized spacial score (nSPS) is 12.2. The molecule has 118 valence electrons. The standard InChI is InChI=1S/C16H25NO4/c1-5-8-21-14-7-6-13(9-15(14)20-4)11-17(3)10-12(2)16(18)19/h6-7,9,12H,5,8,10-11H2,1-4H3,(H,18,19). The summed E-state index contributed by atoms with van der Waals surface area (Å²) in [6.45, 7) is 5.60. The predicted octanol–water partition coefficient (Wildman–Crippen LogP) is 2.64. The molecule has 1 rings (SSSR count). The number of hydrogen-bond acceptors (Lipinski definition) is 4. The lowest BCUT2D eigenvalue weighted by Crippen LogP contribution is -2.28. The zero-order valence-corrected chi connectivity index (χ0v) is 13.3. The van der Waals surface area contributed by atoms with Crippen molar-refractivity contribution in [2.45, 2.75) is 26.8 Å². The molecule has 5 nitrogen and oxygen atoms in total. The molecule has 0 aliphatic carbocycles. The molecule has 0 spiro atoms. The van der Waals surface area contributed by atoms with Crippen LogP contribution in [-0.4, -0.2) is 43.3 Å². The Morgan fingerprint density at radius 1 is 1.38 bits per heavy atom. The van der Waals surface area contributed by atoms with Gasteiger partial charge in [-0.05, 0) is 31.2 Å². The van der Waals surface area contributed by atoms with Gasteiger partial charge in [-0.3, -0.25) is 4.79 Å². The highest BCUT2D eigenvalue weighted by Gasteiger charge is 2.14. The first-order valence-electron chi connectivity index (χ1n) is 7.19. The minimum Gasteiger partial charge on any atom is -0.493 e. The van der Waals surface area contributed by atoms with Gasteiger partial charge in [-0.25, -0.2) is 0 Å². The van der Waals surface area contributed by atoms with Crippen LogP contribution in [0.25, 0.3) is 0 Å². The van der Waals surface area contributed by atoms with Crippen LogP contribution < -0.4 is 9.47 Å². The smallest absolute Gasteiger partial charge is 0.307 e. The lowest BCUT2D eigenvalue weighted by molar-refractivity contribution is -0.141. The van der Waals surface area contributed by atoms with Gasteiger partial charge >= 0.3 is 5.97 Å². The van der Waals surface area contributed by atoms with Crippen molar-refractivity contribution in [3.05, 3.63) is 23.8 Å². The first-order valence-corrected chi connectivity index (χ1v) is 7.19. The lowest BCUT2D eigenvalue weighted by Gasteiger charge is -2.20. The van der Waals surface area contributed by atoms with Crippen LogP contribution in [0.15, 0.2) is 18.2 Å². The van der Waals surface area contributed by atoms with Crippen molar-refractivity contribution in [3.63, 3.8) is 0 Å². The van der Waals surface area contributed by atoms with Gasteiger partial charge in [-0.1, -0.05) is 19.9 Å². The average molecular weight is 295 g/mol. The zero-order valence-electron chi connectivity index (χ0n) is 13.3. The fraction of sp³-hybridized carbons (Fsp3) is 0.562. The van der Waals surface area contributed by atoms with Gasteiger partial charge in [0.15, 0.2) is 11.5 Å². The molecule has 0 amide bonds. The van der Waals surface area contributed by atoms with Crippen molar-refractivity contribution in [3.8, 4) is 11.5 Å². The van der Waals surface area contributed by atoms with Gasteiger partial charge in [0, 0.05) is 13.1 Å². The second-order valence-electron chi connectivity index (χ2n) is 5.27. The minimum atomic E-state index is -0.775. The van der Waals surface area contributed by atoms with Gasteiger partial charge < -0.3 is 19.5 Å². The second-order valence-corrected chi connectivity index (χ2v) is 5.27. The minimum absolute atomic E-state index is 0.385. The number of hydrogen-bond donors (Lipinski definition) is 1. The molecule has 0 aliphatic heterocycles. The molecule has 0 fully saturated rings. The first-order chi connectivity index (χ1) is 9.97. The Balaban J connectivity index is 2.69. The van der Waals surface area contributed by atoms with Crippen molar-refractivity contribution in [2.24, 2.45) is 5.92 Å². The van der Waals surface area contributed by atoms with E-state index in [1.54, 1.807) is 14.0 Å². The number of methoxy groups -OCH3 is 1. The maximum Gasteiger partial charge on any atom is 0.307 e. The van der Waals surface area contributed by atoms with E-state index in [4.69, 9.17) is 14.6 Å². The molecule has 0 aromatic heterocycles. The Morgan fingerprint density at radius 3 is 2.67 bits per heavy atom. The van der Waals surface area contributed by atoms with E-state index in [2.05, 4.69) is 6.92 Å². The van der Waals surface area contributed by atoms with Gasteiger partial charge in [-0.2, -0.15) is 0 Å². The van der Waals surface area contributed by atoms with Crippen LogP contribution in [0.2, 0.25) is 0 Å². The fourth-order valence-corrected chi connectivity index (χ4v) is 2.06.